The van der Waals surface area contributed by atoms with E-state index in [0.717, 1.165) is 53.9 Å². The van der Waals surface area contributed by atoms with E-state index in [1.807, 2.05) is 25.1 Å². The molecule has 2 aromatic rings. The van der Waals surface area contributed by atoms with E-state index in [1.54, 1.807) is 0 Å². The number of nitrogens with one attached hydrogen (secondary N) is 1. The number of carbonyl (C=O) groups excluding carboxylic acids is 1. The van der Waals surface area contributed by atoms with Gasteiger partial charge in [0.15, 0.2) is 0 Å². The first-order valence-corrected chi connectivity index (χ1v) is 12.0. The van der Waals surface area contributed by atoms with Gasteiger partial charge in [-0.25, -0.2) is 0 Å². The monoisotopic (exact) mass is 465 g/mol. The molecule has 4 heterocycles. The lowest BCUT2D eigenvalue weighted by atomic mass is 9.82. The highest BCUT2D eigenvalue weighted by molar-refractivity contribution is 6.08. The summed E-state index contributed by atoms with van der Waals surface area (Å²) in [5.41, 5.74) is 20.6. The molecule has 180 valence electrons. The van der Waals surface area contributed by atoms with E-state index < -0.39 is 0 Å². The summed E-state index contributed by atoms with van der Waals surface area (Å²) in [6, 6.07) is 5.53. The second-order valence-electron chi connectivity index (χ2n) is 9.87. The van der Waals surface area contributed by atoms with Gasteiger partial charge in [-0.1, -0.05) is 0 Å². The highest BCUT2D eigenvalue weighted by Crippen LogP contribution is 2.39. The maximum absolute atomic E-state index is 13.9. The van der Waals surface area contributed by atoms with Gasteiger partial charge in [-0.3, -0.25) is 4.79 Å². The normalized spacial score (nSPS) is 26.3. The zero-order chi connectivity index (χ0) is 23.4. The Balaban J connectivity index is 1.46. The van der Waals surface area contributed by atoms with Gasteiger partial charge < -0.3 is 35.7 Å². The van der Waals surface area contributed by atoms with Crippen LogP contribution in [0.5, 0.6) is 0 Å². The molecule has 8 heteroatoms. The third kappa shape index (κ3) is 4.77. The van der Waals surface area contributed by atoms with Gasteiger partial charge in [0.25, 0.3) is 5.91 Å². The van der Waals surface area contributed by atoms with Crippen LogP contribution in [-0.2, 0) is 44.6 Å². The van der Waals surface area contributed by atoms with Gasteiger partial charge in [0, 0.05) is 48.3 Å². The lowest BCUT2D eigenvalue weighted by molar-refractivity contribution is 0.102. The third-order valence-electron chi connectivity index (χ3n) is 7.07. The van der Waals surface area contributed by atoms with Gasteiger partial charge in [-0.2, -0.15) is 0 Å². The van der Waals surface area contributed by atoms with E-state index in [1.165, 1.54) is 0 Å². The Morgan fingerprint density at radius 1 is 0.824 bits per heavy atom. The standard InChI is InChI=1S/C26H31N3O5/c1-13-4-14(2-3-23(13)27)29-26(30)24-20(6-16-10-32-16)19(5-15-9-31-15)21(7-17-11-33-17)25(28)22(24)8-18-12-34-18/h2-4,15-18H,5-12,27-28H2,1H3,(H,29,30). The molecule has 5 N–H and O–H groups in total. The summed E-state index contributed by atoms with van der Waals surface area (Å²) in [6.07, 6.45) is 3.39. The van der Waals surface area contributed by atoms with Gasteiger partial charge in [-0.15, -0.1) is 0 Å². The van der Waals surface area contributed by atoms with Crippen molar-refractivity contribution in [3.05, 3.63) is 51.6 Å². The average molecular weight is 466 g/mol. The Morgan fingerprint density at radius 2 is 1.32 bits per heavy atom. The molecule has 4 atom stereocenters. The fourth-order valence-electron chi connectivity index (χ4n) is 4.79. The van der Waals surface area contributed by atoms with Crippen LogP contribution < -0.4 is 16.8 Å². The van der Waals surface area contributed by atoms with Gasteiger partial charge in [0.1, 0.15) is 0 Å². The smallest absolute Gasteiger partial charge is 0.256 e. The second-order valence-corrected chi connectivity index (χ2v) is 9.87. The van der Waals surface area contributed by atoms with Crippen molar-refractivity contribution in [2.45, 2.75) is 57.0 Å². The minimum absolute atomic E-state index is 0.0975. The van der Waals surface area contributed by atoms with Crippen LogP contribution >= 0.6 is 0 Å². The Morgan fingerprint density at radius 3 is 1.85 bits per heavy atom. The van der Waals surface area contributed by atoms with E-state index in [4.69, 9.17) is 30.4 Å². The molecule has 0 radical (unpaired) electrons. The molecule has 0 spiro atoms. The summed E-state index contributed by atoms with van der Waals surface area (Å²) >= 11 is 0. The summed E-state index contributed by atoms with van der Waals surface area (Å²) in [6.45, 7) is 4.82. The number of rotatable bonds is 10. The number of aryl methyl sites for hydroxylation is 1. The average Bonchev–Trinajstić information content (AvgIpc) is 3.60. The number of hydrogen-bond donors (Lipinski definition) is 3. The molecular weight excluding hydrogens is 434 g/mol. The van der Waals surface area contributed by atoms with Crippen molar-refractivity contribution in [1.29, 1.82) is 0 Å². The molecular formula is C26H31N3O5. The fraction of sp³-hybridized carbons (Fsp3) is 0.500. The lowest BCUT2D eigenvalue weighted by Crippen LogP contribution is -2.24. The molecule has 0 bridgehead atoms. The van der Waals surface area contributed by atoms with Crippen molar-refractivity contribution in [2.75, 3.05) is 43.2 Å². The minimum Gasteiger partial charge on any atom is -0.399 e. The summed E-state index contributed by atoms with van der Waals surface area (Å²) in [5.74, 6) is -0.158. The van der Waals surface area contributed by atoms with Crippen LogP contribution in [0.1, 0.15) is 38.2 Å². The van der Waals surface area contributed by atoms with Crippen LogP contribution in [0.15, 0.2) is 18.2 Å². The zero-order valence-corrected chi connectivity index (χ0v) is 19.4. The highest BCUT2D eigenvalue weighted by atomic mass is 16.6. The molecule has 2 aromatic carbocycles. The van der Waals surface area contributed by atoms with Crippen LogP contribution in [0, 0.1) is 6.92 Å². The predicted octanol–water partition coefficient (Wildman–Crippen LogP) is 2.18. The van der Waals surface area contributed by atoms with Gasteiger partial charge in [0.2, 0.25) is 0 Å². The number of benzene rings is 2. The molecule has 0 aromatic heterocycles. The first-order chi connectivity index (χ1) is 16.5. The van der Waals surface area contributed by atoms with Crippen molar-refractivity contribution >= 4 is 23.0 Å². The molecule has 6 rings (SSSR count). The molecule has 0 saturated carbocycles. The number of epoxide rings is 4. The predicted molar refractivity (Wildman–Crippen MR) is 128 cm³/mol. The zero-order valence-electron chi connectivity index (χ0n) is 19.4. The number of hydrogen-bond acceptors (Lipinski definition) is 7. The van der Waals surface area contributed by atoms with Gasteiger partial charge >= 0.3 is 0 Å². The minimum atomic E-state index is -0.158. The van der Waals surface area contributed by atoms with Gasteiger partial charge in [-0.05, 0) is 52.9 Å². The summed E-state index contributed by atoms with van der Waals surface area (Å²) in [5, 5.41) is 3.10. The number of ether oxygens (including phenoxy) is 4. The Labute approximate surface area is 198 Å². The van der Waals surface area contributed by atoms with Crippen LogP contribution in [0.25, 0.3) is 0 Å². The lowest BCUT2D eigenvalue weighted by Gasteiger charge is -2.24. The Kier molecular flexibility index (Phi) is 5.49. The number of carbonyl (C=O) groups is 1. The topological polar surface area (TPSA) is 131 Å². The van der Waals surface area contributed by atoms with Crippen LogP contribution in [0.3, 0.4) is 0 Å². The molecule has 4 unspecified atom stereocenters. The molecule has 0 aliphatic carbocycles. The third-order valence-corrected chi connectivity index (χ3v) is 7.07. The summed E-state index contributed by atoms with van der Waals surface area (Å²) in [4.78, 5) is 13.9. The van der Waals surface area contributed by atoms with Crippen LogP contribution in [-0.4, -0.2) is 56.8 Å². The number of amides is 1. The highest BCUT2D eigenvalue weighted by Gasteiger charge is 2.37. The SMILES string of the molecule is Cc1cc(NC(=O)c2c(CC3CO3)c(N)c(CC3CO3)c(CC3CO3)c2CC2CO2)ccc1N. The second kappa shape index (κ2) is 8.53. The maximum atomic E-state index is 13.9. The van der Waals surface area contributed by atoms with E-state index in [0.29, 0.717) is 48.7 Å². The quantitative estimate of drug-likeness (QED) is 0.362. The van der Waals surface area contributed by atoms with E-state index in [-0.39, 0.29) is 30.3 Å². The van der Waals surface area contributed by atoms with E-state index in [9.17, 15) is 4.79 Å². The molecule has 8 nitrogen and oxygen atoms in total. The number of anilines is 3. The van der Waals surface area contributed by atoms with Gasteiger partial charge in [0.05, 0.1) is 50.8 Å². The number of nitrogens with two attached hydrogens (primary N) is 2. The molecule has 1 amide bonds. The van der Waals surface area contributed by atoms with Crippen LogP contribution in [0.4, 0.5) is 17.1 Å². The molecule has 4 aliphatic heterocycles. The number of nitrogen functional groups attached to an aromatic ring is 2. The first kappa shape index (κ1) is 21.9. The van der Waals surface area contributed by atoms with E-state index in [2.05, 4.69) is 5.32 Å². The Bertz CT molecular complexity index is 1130. The van der Waals surface area contributed by atoms with Crippen molar-refractivity contribution in [3.63, 3.8) is 0 Å². The van der Waals surface area contributed by atoms with Crippen molar-refractivity contribution in [3.8, 4) is 0 Å². The summed E-state index contributed by atoms with van der Waals surface area (Å²) < 4.78 is 22.3. The van der Waals surface area contributed by atoms with Crippen molar-refractivity contribution in [2.24, 2.45) is 0 Å². The molecule has 34 heavy (non-hydrogen) atoms. The van der Waals surface area contributed by atoms with Crippen LogP contribution in [0.2, 0.25) is 0 Å². The Hall–Kier alpha value is -2.65. The fourth-order valence-corrected chi connectivity index (χ4v) is 4.79. The summed E-state index contributed by atoms with van der Waals surface area (Å²) in [7, 11) is 0. The van der Waals surface area contributed by atoms with E-state index >= 15 is 0 Å². The first-order valence-electron chi connectivity index (χ1n) is 12.0. The van der Waals surface area contributed by atoms with Crippen molar-refractivity contribution in [1.82, 2.24) is 0 Å². The molecule has 4 aliphatic rings. The molecule has 4 saturated heterocycles. The largest absolute Gasteiger partial charge is 0.399 e. The maximum Gasteiger partial charge on any atom is 0.256 e. The van der Waals surface area contributed by atoms with Crippen molar-refractivity contribution < 1.29 is 23.7 Å². The molecule has 4 fully saturated rings.